The molecule has 1 heterocycles. The number of nitrogens with zero attached hydrogens (tertiary/aromatic N) is 1. The number of benzene rings is 1. The third kappa shape index (κ3) is 5.24. The lowest BCUT2D eigenvalue weighted by Gasteiger charge is -2.09. The van der Waals surface area contributed by atoms with Crippen LogP contribution in [-0.2, 0) is 11.3 Å². The largest absolute Gasteiger partial charge is 0.508 e. The first kappa shape index (κ1) is 17.7. The molecule has 2 aromatic rings. The summed E-state index contributed by atoms with van der Waals surface area (Å²) in [7, 11) is 0. The van der Waals surface area contributed by atoms with Gasteiger partial charge in [-0.25, -0.2) is 0 Å². The maximum Gasteiger partial charge on any atom is 0.251 e. The third-order valence-electron chi connectivity index (χ3n) is 3.12. The molecule has 0 aliphatic heterocycles. The molecule has 126 valence electrons. The number of hydrogen-bond acceptors (Lipinski definition) is 4. The van der Waals surface area contributed by atoms with Crippen molar-refractivity contribution >= 4 is 27.7 Å². The summed E-state index contributed by atoms with van der Waals surface area (Å²) in [6, 6.07) is 8.83. The van der Waals surface area contributed by atoms with E-state index in [0.29, 0.717) is 10.0 Å². The maximum absolute atomic E-state index is 11.8. The van der Waals surface area contributed by atoms with E-state index in [2.05, 4.69) is 26.6 Å². The van der Waals surface area contributed by atoms with Gasteiger partial charge < -0.3 is 20.3 Å². The van der Waals surface area contributed by atoms with Gasteiger partial charge in [-0.2, -0.15) is 0 Å². The highest BCUT2D eigenvalue weighted by Crippen LogP contribution is 2.09. The van der Waals surface area contributed by atoms with Crippen LogP contribution in [0.1, 0.15) is 10.4 Å². The molecule has 0 spiro atoms. The van der Waals surface area contributed by atoms with Crippen molar-refractivity contribution in [1.82, 2.24) is 15.2 Å². The molecule has 0 radical (unpaired) electrons. The fourth-order valence-electron chi connectivity index (χ4n) is 1.93. The van der Waals surface area contributed by atoms with Crippen LogP contribution in [0.4, 0.5) is 0 Å². The Morgan fingerprint density at radius 2 is 1.71 bits per heavy atom. The molecule has 3 N–H and O–H groups in total. The number of phenolic OH excluding ortho intramolecular Hbond substituents is 1. The fraction of sp³-hybridized carbons (Fsp3) is 0.188. The predicted molar refractivity (Wildman–Crippen MR) is 91.9 cm³/mol. The first-order valence-electron chi connectivity index (χ1n) is 7.15. The van der Waals surface area contributed by atoms with Gasteiger partial charge in [0.15, 0.2) is 0 Å². The molecule has 0 saturated carbocycles. The summed E-state index contributed by atoms with van der Waals surface area (Å²) >= 11 is 3.24. The summed E-state index contributed by atoms with van der Waals surface area (Å²) < 4.78 is 1.99. The van der Waals surface area contributed by atoms with E-state index in [0.717, 1.165) is 0 Å². The highest BCUT2D eigenvalue weighted by atomic mass is 79.9. The van der Waals surface area contributed by atoms with Gasteiger partial charge in [-0.1, -0.05) is 0 Å². The van der Waals surface area contributed by atoms with E-state index in [1.165, 1.54) is 41.1 Å². The minimum Gasteiger partial charge on any atom is -0.508 e. The Hall–Kier alpha value is -2.61. The molecule has 0 atom stereocenters. The Balaban J connectivity index is 1.74. The van der Waals surface area contributed by atoms with Gasteiger partial charge in [0.05, 0.1) is 0 Å². The summed E-state index contributed by atoms with van der Waals surface area (Å²) in [6.07, 6.45) is 1.54. The predicted octanol–water partition coefficient (Wildman–Crippen LogP) is 0.863. The molecule has 0 fully saturated rings. The van der Waals surface area contributed by atoms with Crippen LogP contribution in [0.2, 0.25) is 0 Å². The number of nitrogens with one attached hydrogen (secondary N) is 2. The fourth-order valence-corrected chi connectivity index (χ4v) is 2.31. The minimum absolute atomic E-state index is 0.0848. The van der Waals surface area contributed by atoms with Crippen LogP contribution in [0.15, 0.2) is 51.9 Å². The van der Waals surface area contributed by atoms with Crippen molar-refractivity contribution in [2.24, 2.45) is 0 Å². The van der Waals surface area contributed by atoms with Crippen molar-refractivity contribution in [1.29, 1.82) is 0 Å². The van der Waals surface area contributed by atoms with Crippen LogP contribution in [0.5, 0.6) is 5.75 Å². The Bertz CT molecular complexity index is 787. The number of pyridine rings is 1. The zero-order valence-electron chi connectivity index (χ0n) is 12.7. The molecule has 7 nitrogen and oxygen atoms in total. The zero-order chi connectivity index (χ0) is 17.5. The van der Waals surface area contributed by atoms with E-state index in [1.807, 2.05) is 0 Å². The number of phenols is 1. The van der Waals surface area contributed by atoms with Gasteiger partial charge in [0.1, 0.15) is 12.3 Å². The summed E-state index contributed by atoms with van der Waals surface area (Å²) in [4.78, 5) is 35.2. The van der Waals surface area contributed by atoms with Crippen LogP contribution >= 0.6 is 15.9 Å². The number of carbonyl (C=O) groups is 2. The van der Waals surface area contributed by atoms with Gasteiger partial charge in [0.25, 0.3) is 11.5 Å². The van der Waals surface area contributed by atoms with Gasteiger partial charge in [-0.15, -0.1) is 0 Å². The topological polar surface area (TPSA) is 100 Å². The second-order valence-electron chi connectivity index (χ2n) is 4.97. The second kappa shape index (κ2) is 8.30. The normalized spacial score (nSPS) is 10.2. The van der Waals surface area contributed by atoms with Gasteiger partial charge in [-0.05, 0) is 46.3 Å². The molecule has 0 aliphatic rings. The Kier molecular flexibility index (Phi) is 6.14. The number of carbonyl (C=O) groups excluding carboxylic acids is 2. The first-order chi connectivity index (χ1) is 11.5. The van der Waals surface area contributed by atoms with Gasteiger partial charge in [0.2, 0.25) is 5.91 Å². The monoisotopic (exact) mass is 393 g/mol. The molecule has 0 unspecified atom stereocenters. The van der Waals surface area contributed by atoms with Gasteiger partial charge >= 0.3 is 0 Å². The molecule has 2 rings (SSSR count). The number of rotatable bonds is 6. The van der Waals surface area contributed by atoms with E-state index < -0.39 is 0 Å². The number of hydrogen-bond donors (Lipinski definition) is 3. The molecule has 0 bridgehead atoms. The number of aromatic hydroxyl groups is 1. The molecule has 0 aliphatic carbocycles. The summed E-state index contributed by atoms with van der Waals surface area (Å²) in [5.41, 5.74) is 0.147. The van der Waals surface area contributed by atoms with E-state index in [-0.39, 0.29) is 42.8 Å². The van der Waals surface area contributed by atoms with Crippen LogP contribution in [-0.4, -0.2) is 34.6 Å². The van der Waals surface area contributed by atoms with E-state index >= 15 is 0 Å². The van der Waals surface area contributed by atoms with Crippen LogP contribution in [0.3, 0.4) is 0 Å². The lowest BCUT2D eigenvalue weighted by Crippen LogP contribution is -2.37. The van der Waals surface area contributed by atoms with Crippen molar-refractivity contribution in [2.45, 2.75) is 6.54 Å². The number of amides is 2. The summed E-state index contributed by atoms with van der Waals surface area (Å²) in [5.74, 6) is -0.539. The molecule has 1 aromatic heterocycles. The van der Waals surface area contributed by atoms with Crippen molar-refractivity contribution in [2.75, 3.05) is 13.1 Å². The van der Waals surface area contributed by atoms with E-state index in [4.69, 9.17) is 5.11 Å². The second-order valence-corrected chi connectivity index (χ2v) is 5.88. The first-order valence-corrected chi connectivity index (χ1v) is 7.95. The van der Waals surface area contributed by atoms with Gasteiger partial charge in [-0.3, -0.25) is 14.4 Å². The van der Waals surface area contributed by atoms with Crippen molar-refractivity contribution in [3.63, 3.8) is 0 Å². The Morgan fingerprint density at radius 1 is 1.04 bits per heavy atom. The van der Waals surface area contributed by atoms with Gasteiger partial charge in [0, 0.05) is 35.4 Å². The lowest BCUT2D eigenvalue weighted by atomic mass is 10.2. The zero-order valence-corrected chi connectivity index (χ0v) is 14.2. The summed E-state index contributed by atoms with van der Waals surface area (Å²) in [5, 5.41) is 14.4. The standard InChI is InChI=1S/C16H16BrN3O4/c17-12-3-6-15(23)20(9-12)10-14(22)18-7-8-19-16(24)11-1-4-13(21)5-2-11/h1-6,9,21H,7-8,10H2,(H,18,22)(H,19,24). The van der Waals surface area contributed by atoms with Crippen molar-refractivity contribution in [3.8, 4) is 5.75 Å². The molecular formula is C16H16BrN3O4. The molecule has 1 aromatic carbocycles. The van der Waals surface area contributed by atoms with Crippen LogP contribution in [0.25, 0.3) is 0 Å². The van der Waals surface area contributed by atoms with Crippen LogP contribution < -0.4 is 16.2 Å². The lowest BCUT2D eigenvalue weighted by molar-refractivity contribution is -0.121. The summed E-state index contributed by atoms with van der Waals surface area (Å²) in [6.45, 7) is 0.397. The quantitative estimate of drug-likeness (QED) is 0.633. The highest BCUT2D eigenvalue weighted by molar-refractivity contribution is 9.10. The van der Waals surface area contributed by atoms with Crippen LogP contribution in [0, 0.1) is 0 Å². The van der Waals surface area contributed by atoms with Crippen molar-refractivity contribution in [3.05, 3.63) is 63.0 Å². The van der Waals surface area contributed by atoms with Crippen molar-refractivity contribution < 1.29 is 14.7 Å². The molecule has 0 saturated heterocycles. The molecule has 2 amide bonds. The highest BCUT2D eigenvalue weighted by Gasteiger charge is 2.06. The molecule has 8 heteroatoms. The number of aromatic nitrogens is 1. The Morgan fingerprint density at radius 3 is 2.42 bits per heavy atom. The van der Waals surface area contributed by atoms with E-state index in [9.17, 15) is 14.4 Å². The minimum atomic E-state index is -0.325. The number of halogens is 1. The average molecular weight is 394 g/mol. The molecular weight excluding hydrogens is 378 g/mol. The Labute approximate surface area is 146 Å². The molecule has 24 heavy (non-hydrogen) atoms. The SMILES string of the molecule is O=C(Cn1cc(Br)ccc1=O)NCCNC(=O)c1ccc(O)cc1. The van der Waals surface area contributed by atoms with E-state index in [1.54, 1.807) is 6.07 Å². The smallest absolute Gasteiger partial charge is 0.251 e. The average Bonchev–Trinajstić information content (AvgIpc) is 2.55. The maximum atomic E-state index is 11.8. The third-order valence-corrected chi connectivity index (χ3v) is 3.59.